The number of phenolic OH excluding ortho intramolecular Hbond substituents is 4. The average molecular weight is 2010 g/mol. The molecular formula is C95H111Cl2N11O33. The van der Waals surface area contributed by atoms with Crippen molar-refractivity contribution in [3.63, 3.8) is 0 Å². The summed E-state index contributed by atoms with van der Waals surface area (Å²) in [6.07, 6.45) is -25.4. The van der Waals surface area contributed by atoms with Gasteiger partial charge in [0, 0.05) is 62.7 Å². The molecule has 0 spiro atoms. The molecule has 23 atom stereocenters. The molecule has 7 aromatic rings. The normalized spacial score (nSPS) is 28.6. The molecule has 0 unspecified atom stereocenters. The zero-order chi connectivity index (χ0) is 101. The predicted molar refractivity (Wildman–Crippen MR) is 490 cm³/mol. The van der Waals surface area contributed by atoms with Crippen LogP contribution in [-0.2, 0) is 73.3 Å². The van der Waals surface area contributed by atoms with Crippen LogP contribution in [0.2, 0.25) is 10.0 Å². The number of aliphatic hydroxyl groups excluding tert-OH is 10. The van der Waals surface area contributed by atoms with E-state index in [4.69, 9.17) is 76.3 Å². The van der Waals surface area contributed by atoms with E-state index in [0.29, 0.717) is 51.6 Å². The monoisotopic (exact) mass is 2000 g/mol. The molecule has 758 valence electrons. The molecule has 0 saturated carbocycles. The fraction of sp³-hybridized carbons (Fsp3) is 0.463. The van der Waals surface area contributed by atoms with Crippen LogP contribution in [0.1, 0.15) is 141 Å². The summed E-state index contributed by atoms with van der Waals surface area (Å²) in [4.78, 5) is 144. The number of aliphatic hydroxyl groups is 10. The number of nitrogens with two attached hydrogens (primary N) is 1. The summed E-state index contributed by atoms with van der Waals surface area (Å²) in [6, 6.07) is 1.96. The Labute approximate surface area is 814 Å². The van der Waals surface area contributed by atoms with Crippen molar-refractivity contribution < 1.29 is 162 Å². The van der Waals surface area contributed by atoms with Crippen LogP contribution in [0.4, 0.5) is 0 Å². The molecule has 0 radical (unpaired) electrons. The minimum Gasteiger partial charge on any atom is -0.508 e. The van der Waals surface area contributed by atoms with E-state index in [-0.39, 0.29) is 63.9 Å². The number of ether oxygens (including phenoxy) is 10. The van der Waals surface area contributed by atoms with Gasteiger partial charge < -0.3 is 172 Å². The van der Waals surface area contributed by atoms with Gasteiger partial charge in [-0.15, -0.1) is 0 Å². The number of phenols is 4. The molecule has 10 aliphatic rings. The summed E-state index contributed by atoms with van der Waals surface area (Å²) in [5.74, 6) is -17.6. The maximum absolute atomic E-state index is 17.2. The molecule has 25 N–H and O–H groups in total. The number of morpholine rings is 1. The van der Waals surface area contributed by atoms with Crippen LogP contribution in [0.15, 0.2) is 115 Å². The molecule has 4 saturated heterocycles. The molecule has 46 heteroatoms. The third kappa shape index (κ3) is 23.5. The Hall–Kier alpha value is -12.1. The minimum atomic E-state index is -2.53. The van der Waals surface area contributed by atoms with E-state index >= 15 is 28.8 Å². The average Bonchev–Trinajstić information content (AvgIpc) is 0.754. The van der Waals surface area contributed by atoms with Crippen LogP contribution in [0, 0.1) is 5.92 Å². The third-order valence-corrected chi connectivity index (χ3v) is 26.0. The predicted octanol–water partition coefficient (Wildman–Crippen LogP) is 0.773. The summed E-state index contributed by atoms with van der Waals surface area (Å²) in [7, 11) is 0. The standard InChI is InChI=1S/C95H111Cl2N11O33/c1-40(2)9-6-4-5-7-10-67(117)102-75-81(122)78(119)65(38-110)138-94(75)141-85-62-32-47-33-63(85)135-59-18-14-45(30-54(59)97)84(140-93-74(100-41(3)112)80(121)77(118)64(37-109)137-93)76-92(131)106-73(88(127)99-19-8-20-108-21-23-132-24-22-108)52-35-49(114)36-61(136-95-83(124)82(123)79(120)66(39-111)139-95)68(52)51-29-44(13-15-56(51)115)70(89(128)107-76)104-91(130)72(47)105-90(129)71-46-27-48(113)34-50(28-46)133-60-31-43(12-16-57(60)116)69(98)87(126)101-55(86(125)103-71)26-42-11-17-58(134-62)53(96)25-42/h11-18,25,27-36,40,55,64-66,69-84,93-95,109-111,113-116,118-124H,4-10,19-24,26,37-39,98H2,1-3H3,(H,99,127)(H,100,112)(H,101,126)(H,102,117)(H,103,125)(H,104,130)(H,105,129)(H,106,131)(H,107,128)/t55-,64+,65+,66-,69-,70-,71+,72-,73+,74+,75+,76+,77-,78-,79-,80-,81-,82-,83+,84-,93+,94+,95+/m1/s1. The molecule has 7 aromatic carbocycles. The van der Waals surface area contributed by atoms with Crippen LogP contribution in [0.5, 0.6) is 69.0 Å². The molecule has 44 nitrogen and oxygen atoms in total. The van der Waals surface area contributed by atoms with E-state index in [1.165, 1.54) is 36.4 Å². The highest BCUT2D eigenvalue weighted by atomic mass is 35.5. The van der Waals surface area contributed by atoms with Crippen molar-refractivity contribution in [1.82, 2.24) is 52.8 Å². The molecular weight excluding hydrogens is 1890 g/mol. The number of hydrogen-bond donors (Lipinski definition) is 24. The Morgan fingerprint density at radius 2 is 1.09 bits per heavy atom. The van der Waals surface area contributed by atoms with Gasteiger partial charge in [-0.05, 0) is 143 Å². The molecule has 0 aliphatic carbocycles. The fourth-order valence-corrected chi connectivity index (χ4v) is 18.4. The number of nitrogens with zero attached hydrogens (tertiary/aromatic N) is 1. The van der Waals surface area contributed by atoms with Gasteiger partial charge in [-0.2, -0.15) is 0 Å². The summed E-state index contributed by atoms with van der Waals surface area (Å²) in [5.41, 5.74) is 3.43. The molecule has 141 heavy (non-hydrogen) atoms. The lowest BCUT2D eigenvalue weighted by Crippen LogP contribution is -2.65. The molecule has 9 amide bonds. The Bertz CT molecular complexity index is 5800. The van der Waals surface area contributed by atoms with E-state index in [2.05, 4.69) is 61.7 Å². The van der Waals surface area contributed by atoms with Crippen molar-refractivity contribution in [2.45, 2.75) is 213 Å². The summed E-state index contributed by atoms with van der Waals surface area (Å²) < 4.78 is 63.9. The number of carbonyl (C=O) groups is 9. The van der Waals surface area contributed by atoms with E-state index < -0.39 is 304 Å². The van der Waals surface area contributed by atoms with E-state index in [1.807, 2.05) is 4.90 Å². The van der Waals surface area contributed by atoms with Crippen molar-refractivity contribution in [3.05, 3.63) is 164 Å². The van der Waals surface area contributed by atoms with E-state index in [9.17, 15) is 85.9 Å². The van der Waals surface area contributed by atoms with Gasteiger partial charge in [-0.3, -0.25) is 48.1 Å². The highest BCUT2D eigenvalue weighted by Crippen LogP contribution is 2.51. The fourth-order valence-electron chi connectivity index (χ4n) is 17.9. The quantitative estimate of drug-likeness (QED) is 0.0393. The Morgan fingerprint density at radius 1 is 0.518 bits per heavy atom. The molecule has 4 fully saturated rings. The maximum Gasteiger partial charge on any atom is 0.248 e. The number of fused-ring (bicyclic) bond motifs is 14. The summed E-state index contributed by atoms with van der Waals surface area (Å²) in [5, 5.41) is 185. The second-order valence-electron chi connectivity index (χ2n) is 35.9. The number of amides is 9. The van der Waals surface area contributed by atoms with Crippen molar-refractivity contribution in [2.75, 3.05) is 59.2 Å². The van der Waals surface area contributed by atoms with Crippen molar-refractivity contribution in [1.29, 1.82) is 0 Å². The van der Waals surface area contributed by atoms with Crippen molar-refractivity contribution in [2.24, 2.45) is 11.7 Å². The smallest absolute Gasteiger partial charge is 0.248 e. The number of nitrogens with one attached hydrogen (secondary N) is 9. The lowest BCUT2D eigenvalue weighted by atomic mass is 9.89. The van der Waals surface area contributed by atoms with Crippen molar-refractivity contribution >= 4 is 76.4 Å². The van der Waals surface area contributed by atoms with Gasteiger partial charge in [0.2, 0.25) is 71.5 Å². The van der Waals surface area contributed by atoms with Crippen LogP contribution in [0.25, 0.3) is 11.1 Å². The number of hydrogen-bond acceptors (Lipinski definition) is 35. The molecule has 17 rings (SSSR count). The number of carbonyl (C=O) groups excluding carboxylic acids is 9. The first-order valence-corrected chi connectivity index (χ1v) is 46.6. The zero-order valence-electron chi connectivity index (χ0n) is 76.1. The summed E-state index contributed by atoms with van der Waals surface area (Å²) >= 11 is 14.9. The Balaban J connectivity index is 0.988. The van der Waals surface area contributed by atoms with Gasteiger partial charge in [-0.1, -0.05) is 87.0 Å². The second kappa shape index (κ2) is 45.0. The van der Waals surface area contributed by atoms with Gasteiger partial charge >= 0.3 is 0 Å². The van der Waals surface area contributed by atoms with Crippen molar-refractivity contribution in [3.8, 4) is 80.1 Å². The largest absolute Gasteiger partial charge is 0.508 e. The first kappa shape index (κ1) is 103. The number of halogens is 2. The van der Waals surface area contributed by atoms with Gasteiger partial charge in [0.25, 0.3) is 0 Å². The van der Waals surface area contributed by atoms with Gasteiger partial charge in [-0.25, -0.2) is 0 Å². The van der Waals surface area contributed by atoms with Crippen LogP contribution >= 0.6 is 23.2 Å². The summed E-state index contributed by atoms with van der Waals surface area (Å²) in [6.45, 7) is 4.06. The van der Waals surface area contributed by atoms with E-state index in [1.54, 1.807) is 0 Å². The first-order chi connectivity index (χ1) is 67.4. The molecule has 0 aromatic heterocycles. The van der Waals surface area contributed by atoms with Crippen LogP contribution in [-0.4, -0.2) is 293 Å². The molecule has 10 aliphatic heterocycles. The van der Waals surface area contributed by atoms with E-state index in [0.717, 1.165) is 105 Å². The Kier molecular flexibility index (Phi) is 32.9. The second-order valence-corrected chi connectivity index (χ2v) is 36.8. The highest BCUT2D eigenvalue weighted by Gasteiger charge is 2.53. The molecule has 10 heterocycles. The minimum absolute atomic E-state index is 0.0330. The zero-order valence-corrected chi connectivity index (χ0v) is 77.7. The maximum atomic E-state index is 17.2. The molecule has 17 bridgehead atoms. The van der Waals surface area contributed by atoms with Crippen LogP contribution in [0.3, 0.4) is 0 Å². The first-order valence-electron chi connectivity index (χ1n) is 45.9. The highest BCUT2D eigenvalue weighted by molar-refractivity contribution is 6.32. The number of aromatic hydroxyl groups is 4. The Morgan fingerprint density at radius 3 is 1.74 bits per heavy atom. The lowest BCUT2D eigenvalue weighted by Gasteiger charge is -2.44. The lowest BCUT2D eigenvalue weighted by molar-refractivity contribution is -0.284. The van der Waals surface area contributed by atoms with Gasteiger partial charge in [0.15, 0.2) is 29.3 Å². The third-order valence-electron chi connectivity index (χ3n) is 25.5. The number of rotatable bonds is 23. The van der Waals surface area contributed by atoms with Crippen LogP contribution < -0.4 is 77.3 Å². The SMILES string of the molecule is CC(=O)N[C@@H]1[C@H](O[C@@H]2c3ccc(c(Cl)c3)Oc3cc4cc(c3O[C@@H]3O[C@@H](CO)[C@@H](O)[C@H](O)[C@@H]3NC(=O)CCCCCCC(C)C)Oc3ccc(cc3Cl)C[C@H]3NC(=O)[C@H](N)c5ccc(O)c(c5)Oc5cc(O)cc(c5)[C@H](NC3=O)C(=O)N[C@H]4C(=O)N[C@H]3C(=O)N[C@@H]2C(=O)N[C@H](C(=O)NCCCN2CCOCC2)c2cc(O)cc(O[C@H]4O[C@H](CO)[C@@H](O)[C@@H](O)[C@@H]4O)c2-c2cc3ccc2O)O[C@@H](CO)[C@@H](O)[C@@H]1O. The topological polar surface area (TPSA) is 667 Å². The van der Waals surface area contributed by atoms with Gasteiger partial charge in [0.1, 0.15) is 162 Å². The number of unbranched alkanes of at least 4 members (excludes halogenated alkanes) is 3. The van der Waals surface area contributed by atoms with Gasteiger partial charge in [0.05, 0.1) is 43.1 Å². The number of benzene rings is 7.